The summed E-state index contributed by atoms with van der Waals surface area (Å²) in [5, 5.41) is 0. The molecule has 0 N–H and O–H groups in total. The predicted octanol–water partition coefficient (Wildman–Crippen LogP) is 4.95. The van der Waals surface area contributed by atoms with Crippen LogP contribution in [-0.4, -0.2) is 6.16 Å². The molecule has 0 fully saturated rings. The SMILES string of the molecule is CCCC=CPCCCCCCC. The van der Waals surface area contributed by atoms with Crippen LogP contribution in [-0.2, 0) is 0 Å². The van der Waals surface area contributed by atoms with Gasteiger partial charge in [-0.25, -0.2) is 0 Å². The van der Waals surface area contributed by atoms with Gasteiger partial charge in [0.25, 0.3) is 0 Å². The minimum Gasteiger partial charge on any atom is -0.0987 e. The molecule has 0 bridgehead atoms. The summed E-state index contributed by atoms with van der Waals surface area (Å²) in [7, 11) is 1.07. The molecule has 0 heterocycles. The van der Waals surface area contributed by atoms with Gasteiger partial charge in [0, 0.05) is 0 Å². The molecular formula is C12H25P. The summed E-state index contributed by atoms with van der Waals surface area (Å²) in [6.07, 6.45) is 13.4. The first-order valence-corrected chi connectivity index (χ1v) is 7.08. The third-order valence-corrected chi connectivity index (χ3v) is 3.23. The monoisotopic (exact) mass is 200 g/mol. The van der Waals surface area contributed by atoms with Crippen molar-refractivity contribution in [1.29, 1.82) is 0 Å². The summed E-state index contributed by atoms with van der Waals surface area (Å²) in [5.74, 6) is 2.38. The average molecular weight is 200 g/mol. The van der Waals surface area contributed by atoms with E-state index in [1.807, 2.05) is 0 Å². The zero-order valence-electron chi connectivity index (χ0n) is 9.31. The van der Waals surface area contributed by atoms with Crippen LogP contribution in [0.5, 0.6) is 0 Å². The van der Waals surface area contributed by atoms with E-state index >= 15 is 0 Å². The lowest BCUT2D eigenvalue weighted by Gasteiger charge is -1.97. The van der Waals surface area contributed by atoms with Gasteiger partial charge in [-0.2, -0.15) is 0 Å². The summed E-state index contributed by atoms with van der Waals surface area (Å²) in [4.78, 5) is 0. The van der Waals surface area contributed by atoms with Gasteiger partial charge >= 0.3 is 0 Å². The maximum atomic E-state index is 2.38. The summed E-state index contributed by atoms with van der Waals surface area (Å²) in [6, 6.07) is 0. The number of rotatable bonds is 9. The van der Waals surface area contributed by atoms with Crippen molar-refractivity contribution in [3.8, 4) is 0 Å². The first-order chi connectivity index (χ1) is 6.41. The highest BCUT2D eigenvalue weighted by Gasteiger charge is 1.87. The van der Waals surface area contributed by atoms with Crippen LogP contribution in [0.3, 0.4) is 0 Å². The standard InChI is InChI=1S/C12H25P/c1-3-5-7-8-10-12-13-11-9-6-4-2/h9,11,13H,3-8,10,12H2,1-2H3. The fourth-order valence-electron chi connectivity index (χ4n) is 1.25. The summed E-state index contributed by atoms with van der Waals surface area (Å²) >= 11 is 0. The highest BCUT2D eigenvalue weighted by atomic mass is 31.1. The molecule has 0 nitrogen and oxygen atoms in total. The molecule has 0 spiro atoms. The lowest BCUT2D eigenvalue weighted by atomic mass is 10.2. The van der Waals surface area contributed by atoms with Crippen molar-refractivity contribution in [3.05, 3.63) is 11.9 Å². The molecule has 0 aliphatic rings. The van der Waals surface area contributed by atoms with Crippen molar-refractivity contribution in [2.75, 3.05) is 6.16 Å². The minimum atomic E-state index is 1.07. The van der Waals surface area contributed by atoms with E-state index in [1.54, 1.807) is 0 Å². The first-order valence-electron chi connectivity index (χ1n) is 5.80. The summed E-state index contributed by atoms with van der Waals surface area (Å²) < 4.78 is 0. The van der Waals surface area contributed by atoms with Crippen LogP contribution in [0, 0.1) is 0 Å². The summed E-state index contributed by atoms with van der Waals surface area (Å²) in [6.45, 7) is 4.51. The Kier molecular flexibility index (Phi) is 12.3. The molecule has 0 aromatic heterocycles. The van der Waals surface area contributed by atoms with E-state index in [0.29, 0.717) is 0 Å². The van der Waals surface area contributed by atoms with Gasteiger partial charge in [0.15, 0.2) is 0 Å². The molecule has 0 aliphatic heterocycles. The first kappa shape index (κ1) is 13.2. The van der Waals surface area contributed by atoms with E-state index in [4.69, 9.17) is 0 Å². The van der Waals surface area contributed by atoms with Crippen LogP contribution in [0.25, 0.3) is 0 Å². The molecule has 13 heavy (non-hydrogen) atoms. The lowest BCUT2D eigenvalue weighted by Crippen LogP contribution is -1.78. The third kappa shape index (κ3) is 12.2. The molecule has 0 aromatic rings. The van der Waals surface area contributed by atoms with E-state index in [2.05, 4.69) is 25.7 Å². The van der Waals surface area contributed by atoms with Crippen LogP contribution in [0.4, 0.5) is 0 Å². The fraction of sp³-hybridized carbons (Fsp3) is 0.833. The van der Waals surface area contributed by atoms with Crippen molar-refractivity contribution in [2.24, 2.45) is 0 Å². The topological polar surface area (TPSA) is 0 Å². The smallest absolute Gasteiger partial charge is 0.0319 e. The molecule has 0 rings (SSSR count). The third-order valence-electron chi connectivity index (χ3n) is 2.12. The van der Waals surface area contributed by atoms with Gasteiger partial charge in [-0.1, -0.05) is 66.4 Å². The average Bonchev–Trinajstić information content (AvgIpc) is 2.16. The van der Waals surface area contributed by atoms with Crippen molar-refractivity contribution >= 4 is 8.58 Å². The van der Waals surface area contributed by atoms with Crippen LogP contribution >= 0.6 is 8.58 Å². The van der Waals surface area contributed by atoms with Crippen LogP contribution in [0.15, 0.2) is 11.9 Å². The Hall–Kier alpha value is 0.170. The van der Waals surface area contributed by atoms with Crippen LogP contribution in [0.2, 0.25) is 0 Å². The van der Waals surface area contributed by atoms with Crippen molar-refractivity contribution in [3.63, 3.8) is 0 Å². The predicted molar refractivity (Wildman–Crippen MR) is 66.0 cm³/mol. The van der Waals surface area contributed by atoms with Gasteiger partial charge in [0.2, 0.25) is 0 Å². The van der Waals surface area contributed by atoms with Gasteiger partial charge in [-0.15, -0.1) is 0 Å². The van der Waals surface area contributed by atoms with Gasteiger partial charge in [-0.3, -0.25) is 0 Å². The highest BCUT2D eigenvalue weighted by Crippen LogP contribution is 2.16. The van der Waals surface area contributed by atoms with Crippen molar-refractivity contribution < 1.29 is 0 Å². The number of unbranched alkanes of at least 4 members (excludes halogenated alkanes) is 5. The molecule has 0 radical (unpaired) electrons. The quantitative estimate of drug-likeness (QED) is 0.365. The zero-order valence-corrected chi connectivity index (χ0v) is 10.3. The second-order valence-electron chi connectivity index (χ2n) is 3.56. The molecule has 1 atom stereocenters. The molecule has 1 unspecified atom stereocenters. The van der Waals surface area contributed by atoms with Gasteiger partial charge in [-0.05, 0) is 19.0 Å². The van der Waals surface area contributed by atoms with E-state index in [0.717, 1.165) is 8.58 Å². The number of hydrogen-bond donors (Lipinski definition) is 0. The molecule has 0 aliphatic carbocycles. The molecule has 0 amide bonds. The summed E-state index contributed by atoms with van der Waals surface area (Å²) in [5.41, 5.74) is 0. The molecular weight excluding hydrogens is 175 g/mol. The second kappa shape index (κ2) is 12.2. The maximum absolute atomic E-state index is 2.38. The lowest BCUT2D eigenvalue weighted by molar-refractivity contribution is 0.659. The Labute approximate surface area is 86.0 Å². The van der Waals surface area contributed by atoms with E-state index < -0.39 is 0 Å². The maximum Gasteiger partial charge on any atom is -0.0319 e. The van der Waals surface area contributed by atoms with Gasteiger partial charge < -0.3 is 0 Å². The van der Waals surface area contributed by atoms with Gasteiger partial charge in [0.05, 0.1) is 0 Å². The van der Waals surface area contributed by atoms with E-state index in [9.17, 15) is 0 Å². The highest BCUT2D eigenvalue weighted by molar-refractivity contribution is 7.41. The Morgan fingerprint density at radius 3 is 2.38 bits per heavy atom. The van der Waals surface area contributed by atoms with E-state index in [-0.39, 0.29) is 0 Å². The Balaban J connectivity index is 2.91. The normalized spacial score (nSPS) is 12.2. The van der Waals surface area contributed by atoms with Gasteiger partial charge in [0.1, 0.15) is 0 Å². The molecule has 78 valence electrons. The zero-order chi connectivity index (χ0) is 9.78. The Morgan fingerprint density at radius 1 is 0.923 bits per heavy atom. The number of hydrogen-bond acceptors (Lipinski definition) is 0. The van der Waals surface area contributed by atoms with Crippen LogP contribution < -0.4 is 0 Å². The van der Waals surface area contributed by atoms with Crippen molar-refractivity contribution in [2.45, 2.75) is 58.8 Å². The molecule has 1 heteroatoms. The number of allylic oxidation sites excluding steroid dienone is 1. The van der Waals surface area contributed by atoms with Crippen LogP contribution in [0.1, 0.15) is 58.8 Å². The molecule has 0 saturated heterocycles. The van der Waals surface area contributed by atoms with Crippen molar-refractivity contribution in [1.82, 2.24) is 0 Å². The minimum absolute atomic E-state index is 1.07. The second-order valence-corrected chi connectivity index (χ2v) is 4.80. The molecule has 0 saturated carbocycles. The fourth-order valence-corrected chi connectivity index (χ4v) is 2.20. The molecule has 0 aromatic carbocycles. The Bertz CT molecular complexity index is 108. The largest absolute Gasteiger partial charge is 0.0987 e. The Morgan fingerprint density at radius 2 is 1.69 bits per heavy atom. The van der Waals surface area contributed by atoms with E-state index in [1.165, 1.54) is 51.1 Å².